The second-order valence-electron chi connectivity index (χ2n) is 7.29. The Morgan fingerprint density at radius 1 is 1.14 bits per heavy atom. The lowest BCUT2D eigenvalue weighted by atomic mass is 10.1. The van der Waals surface area contributed by atoms with Gasteiger partial charge in [0, 0.05) is 24.1 Å². The molecule has 4 rings (SSSR count). The third-order valence-electron chi connectivity index (χ3n) is 4.82. The number of aromatic nitrogens is 1. The number of oxazole rings is 1. The van der Waals surface area contributed by atoms with Gasteiger partial charge >= 0.3 is 0 Å². The van der Waals surface area contributed by atoms with Crippen LogP contribution >= 0.6 is 0 Å². The summed E-state index contributed by atoms with van der Waals surface area (Å²) in [6, 6.07) is 15.3. The van der Waals surface area contributed by atoms with Crippen LogP contribution in [-0.4, -0.2) is 24.0 Å². The average molecular weight is 376 g/mol. The molecule has 0 radical (unpaired) electrons. The van der Waals surface area contributed by atoms with Crippen LogP contribution in [0.4, 0.5) is 0 Å². The molecular formula is C23H24N2O3. The summed E-state index contributed by atoms with van der Waals surface area (Å²) in [4.78, 5) is 16.8. The van der Waals surface area contributed by atoms with Crippen LogP contribution in [0.2, 0.25) is 0 Å². The Hall–Kier alpha value is -3.08. The van der Waals surface area contributed by atoms with E-state index in [9.17, 15) is 4.79 Å². The maximum Gasteiger partial charge on any atom is 0.251 e. The highest BCUT2D eigenvalue weighted by atomic mass is 16.5. The van der Waals surface area contributed by atoms with Crippen molar-refractivity contribution in [1.82, 2.24) is 10.3 Å². The van der Waals surface area contributed by atoms with Crippen LogP contribution in [0.3, 0.4) is 0 Å². The molecule has 0 spiro atoms. The molecule has 1 fully saturated rings. The molecule has 0 bridgehead atoms. The molecule has 1 aliphatic rings. The van der Waals surface area contributed by atoms with Crippen LogP contribution < -0.4 is 10.1 Å². The molecule has 5 heteroatoms. The lowest BCUT2D eigenvalue weighted by molar-refractivity contribution is 0.0954. The van der Waals surface area contributed by atoms with Gasteiger partial charge in [-0.25, -0.2) is 4.98 Å². The quantitative estimate of drug-likeness (QED) is 0.632. The fourth-order valence-corrected chi connectivity index (χ4v) is 2.86. The summed E-state index contributed by atoms with van der Waals surface area (Å²) in [5, 5.41) is 2.92. The van der Waals surface area contributed by atoms with Crippen LogP contribution in [0.1, 0.15) is 34.5 Å². The average Bonchev–Trinajstić information content (AvgIpc) is 3.44. The Morgan fingerprint density at radius 3 is 2.61 bits per heavy atom. The summed E-state index contributed by atoms with van der Waals surface area (Å²) in [6.07, 6.45) is 4.79. The molecule has 1 aromatic heterocycles. The maximum atomic E-state index is 12.3. The van der Waals surface area contributed by atoms with Crippen molar-refractivity contribution in [2.45, 2.75) is 26.2 Å². The number of benzene rings is 2. The monoisotopic (exact) mass is 376 g/mol. The van der Waals surface area contributed by atoms with Crippen LogP contribution in [0.15, 0.2) is 59.2 Å². The number of carbonyl (C=O) groups is 1. The van der Waals surface area contributed by atoms with Gasteiger partial charge in [0.05, 0.1) is 12.3 Å². The third-order valence-corrected chi connectivity index (χ3v) is 4.82. The van der Waals surface area contributed by atoms with Gasteiger partial charge in [0.1, 0.15) is 12.0 Å². The zero-order valence-electron chi connectivity index (χ0n) is 16.0. The number of amides is 1. The molecule has 1 heterocycles. The van der Waals surface area contributed by atoms with Gasteiger partial charge in [0.15, 0.2) is 0 Å². The molecule has 3 aromatic rings. The first-order chi connectivity index (χ1) is 13.7. The summed E-state index contributed by atoms with van der Waals surface area (Å²) >= 11 is 0. The third kappa shape index (κ3) is 4.80. The molecule has 0 unspecified atom stereocenters. The molecule has 1 saturated carbocycles. The Kier molecular flexibility index (Phi) is 5.42. The predicted molar refractivity (Wildman–Crippen MR) is 107 cm³/mol. The van der Waals surface area contributed by atoms with E-state index in [2.05, 4.69) is 10.3 Å². The van der Waals surface area contributed by atoms with Gasteiger partial charge in [-0.2, -0.15) is 0 Å². The highest BCUT2D eigenvalue weighted by Gasteiger charge is 2.21. The van der Waals surface area contributed by atoms with Crippen molar-refractivity contribution in [3.63, 3.8) is 0 Å². The molecule has 0 saturated heterocycles. The van der Waals surface area contributed by atoms with Crippen molar-refractivity contribution in [3.05, 3.63) is 71.6 Å². The van der Waals surface area contributed by atoms with E-state index in [4.69, 9.17) is 9.15 Å². The van der Waals surface area contributed by atoms with Gasteiger partial charge in [-0.3, -0.25) is 4.79 Å². The Bertz CT molecular complexity index is 925. The SMILES string of the molecule is Cc1ccc(-c2nc(CCNC(=O)c3ccc(OCC4CC4)cc3)co2)cc1. The van der Waals surface area contributed by atoms with Crippen LogP contribution in [-0.2, 0) is 6.42 Å². The summed E-state index contributed by atoms with van der Waals surface area (Å²) in [6.45, 7) is 3.31. The van der Waals surface area contributed by atoms with Crippen LogP contribution in [0.25, 0.3) is 11.5 Å². The van der Waals surface area contributed by atoms with Gasteiger partial charge in [0.2, 0.25) is 5.89 Å². The summed E-state index contributed by atoms with van der Waals surface area (Å²) in [7, 11) is 0. The minimum atomic E-state index is -0.101. The molecular weight excluding hydrogens is 352 g/mol. The standard InChI is InChI=1S/C23H24N2O3/c1-16-2-6-19(7-3-16)23-25-20(15-28-23)12-13-24-22(26)18-8-10-21(11-9-18)27-14-17-4-5-17/h2-3,6-11,15,17H,4-5,12-14H2,1H3,(H,24,26). The highest BCUT2D eigenvalue weighted by molar-refractivity contribution is 5.94. The zero-order chi connectivity index (χ0) is 19.3. The Morgan fingerprint density at radius 2 is 1.89 bits per heavy atom. The number of ether oxygens (including phenoxy) is 1. The van der Waals surface area contributed by atoms with E-state index in [1.807, 2.05) is 43.3 Å². The second-order valence-corrected chi connectivity index (χ2v) is 7.29. The molecule has 144 valence electrons. The number of nitrogens with zero attached hydrogens (tertiary/aromatic N) is 1. The van der Waals surface area contributed by atoms with Gasteiger partial charge in [-0.15, -0.1) is 0 Å². The minimum absolute atomic E-state index is 0.101. The zero-order valence-corrected chi connectivity index (χ0v) is 16.0. The number of nitrogens with one attached hydrogen (secondary N) is 1. The van der Waals surface area contributed by atoms with Gasteiger partial charge in [0.25, 0.3) is 5.91 Å². The first-order valence-electron chi connectivity index (χ1n) is 9.70. The first-order valence-corrected chi connectivity index (χ1v) is 9.70. The van der Waals surface area contributed by atoms with E-state index in [0.29, 0.717) is 30.3 Å². The van der Waals surface area contributed by atoms with E-state index in [1.165, 1.54) is 18.4 Å². The van der Waals surface area contributed by atoms with Crippen molar-refractivity contribution in [2.24, 2.45) is 5.92 Å². The highest BCUT2D eigenvalue weighted by Crippen LogP contribution is 2.29. The molecule has 1 aliphatic carbocycles. The smallest absolute Gasteiger partial charge is 0.251 e. The number of aryl methyl sites for hydroxylation is 1. The van der Waals surface area contributed by atoms with Crippen molar-refractivity contribution in [3.8, 4) is 17.2 Å². The normalized spacial score (nSPS) is 13.3. The van der Waals surface area contributed by atoms with Gasteiger partial charge < -0.3 is 14.5 Å². The van der Waals surface area contributed by atoms with Gasteiger partial charge in [-0.05, 0) is 62.1 Å². The van der Waals surface area contributed by atoms with E-state index < -0.39 is 0 Å². The van der Waals surface area contributed by atoms with Crippen LogP contribution in [0, 0.1) is 12.8 Å². The van der Waals surface area contributed by atoms with Crippen molar-refractivity contribution in [1.29, 1.82) is 0 Å². The molecule has 1 amide bonds. The maximum absolute atomic E-state index is 12.3. The topological polar surface area (TPSA) is 64.4 Å². The Balaban J connectivity index is 1.25. The lowest BCUT2D eigenvalue weighted by Crippen LogP contribution is -2.25. The van der Waals surface area contributed by atoms with E-state index in [0.717, 1.165) is 23.6 Å². The van der Waals surface area contributed by atoms with E-state index >= 15 is 0 Å². The van der Waals surface area contributed by atoms with Crippen molar-refractivity contribution >= 4 is 5.91 Å². The number of carbonyl (C=O) groups excluding carboxylic acids is 1. The number of rotatable bonds is 8. The van der Waals surface area contributed by atoms with Crippen LogP contribution in [0.5, 0.6) is 5.75 Å². The second kappa shape index (κ2) is 8.30. The lowest BCUT2D eigenvalue weighted by Gasteiger charge is -2.07. The number of hydrogen-bond donors (Lipinski definition) is 1. The molecule has 28 heavy (non-hydrogen) atoms. The van der Waals surface area contributed by atoms with Crippen molar-refractivity contribution < 1.29 is 13.9 Å². The Labute approximate surface area is 164 Å². The molecule has 2 aromatic carbocycles. The fourth-order valence-electron chi connectivity index (χ4n) is 2.86. The number of hydrogen-bond acceptors (Lipinski definition) is 4. The largest absolute Gasteiger partial charge is 0.493 e. The summed E-state index contributed by atoms with van der Waals surface area (Å²) < 4.78 is 11.3. The first kappa shape index (κ1) is 18.3. The molecule has 0 atom stereocenters. The summed E-state index contributed by atoms with van der Waals surface area (Å²) in [5.74, 6) is 2.03. The molecule has 0 aliphatic heterocycles. The minimum Gasteiger partial charge on any atom is -0.493 e. The molecule has 5 nitrogen and oxygen atoms in total. The molecule has 1 N–H and O–H groups in total. The van der Waals surface area contributed by atoms with Gasteiger partial charge in [-0.1, -0.05) is 17.7 Å². The summed E-state index contributed by atoms with van der Waals surface area (Å²) in [5.41, 5.74) is 3.59. The van der Waals surface area contributed by atoms with E-state index in [1.54, 1.807) is 18.4 Å². The van der Waals surface area contributed by atoms with E-state index in [-0.39, 0.29) is 5.91 Å². The van der Waals surface area contributed by atoms with Crippen molar-refractivity contribution in [2.75, 3.05) is 13.2 Å². The fraction of sp³-hybridized carbons (Fsp3) is 0.304. The predicted octanol–water partition coefficient (Wildman–Crippen LogP) is 4.41.